The van der Waals surface area contributed by atoms with Crippen LogP contribution in [0, 0.1) is 0 Å². The number of aliphatic hydroxyl groups is 7. The molecular weight excluding hydrogens is 727 g/mol. The van der Waals surface area contributed by atoms with E-state index in [2.05, 4.69) is 31.3 Å². The van der Waals surface area contributed by atoms with Crippen molar-refractivity contribution in [2.24, 2.45) is 0 Å². The van der Waals surface area contributed by atoms with E-state index < -0.39 is 74.2 Å². The van der Waals surface area contributed by atoms with Gasteiger partial charge in [-0.15, -0.1) is 0 Å². The number of amides is 1. The van der Waals surface area contributed by atoms with E-state index in [9.17, 15) is 40.5 Å². The van der Waals surface area contributed by atoms with Gasteiger partial charge >= 0.3 is 0 Å². The summed E-state index contributed by atoms with van der Waals surface area (Å²) in [5.74, 6) is -0.705. The lowest BCUT2D eigenvalue weighted by molar-refractivity contribution is -0.303. The standard InChI is InChI=1S/C46H89NO10/c1-3-5-7-9-11-13-15-17-18-19-20-21-22-24-26-28-30-32-34-39(50)45(55)47-37(36-56-46-44(54)43(53)42(52)40(35-48)57-46)41(51)38(49)33-31-29-27-25-23-16-14-12-10-8-6-4-2/h25,27,37-44,46,48-54H,3-24,26,28-36H2,1-2H3,(H,47,55)/b27-25-/t37-,38+,39?,40+,41-,42+,43-,44+,46+/m0/s1. The predicted octanol–water partition coefficient (Wildman–Crippen LogP) is 7.67. The van der Waals surface area contributed by atoms with Crippen LogP contribution < -0.4 is 5.32 Å². The van der Waals surface area contributed by atoms with Gasteiger partial charge in [0.15, 0.2) is 6.29 Å². The van der Waals surface area contributed by atoms with Gasteiger partial charge in [0, 0.05) is 0 Å². The minimum atomic E-state index is -1.66. The van der Waals surface area contributed by atoms with Gasteiger partial charge in [-0.05, 0) is 38.5 Å². The summed E-state index contributed by atoms with van der Waals surface area (Å²) in [4.78, 5) is 13.1. The molecule has 1 aliphatic heterocycles. The number of carbonyl (C=O) groups is 1. The van der Waals surface area contributed by atoms with Crippen LogP contribution in [0.2, 0.25) is 0 Å². The van der Waals surface area contributed by atoms with Gasteiger partial charge in [0.2, 0.25) is 5.91 Å². The molecule has 9 atom stereocenters. The zero-order chi connectivity index (χ0) is 41.9. The topological polar surface area (TPSA) is 189 Å². The molecule has 0 aromatic carbocycles. The Morgan fingerprint density at radius 1 is 0.596 bits per heavy atom. The van der Waals surface area contributed by atoms with Crippen molar-refractivity contribution in [1.29, 1.82) is 0 Å². The summed E-state index contributed by atoms with van der Waals surface area (Å²) >= 11 is 0. The predicted molar refractivity (Wildman–Crippen MR) is 229 cm³/mol. The van der Waals surface area contributed by atoms with Crippen LogP contribution in [0.1, 0.15) is 206 Å². The van der Waals surface area contributed by atoms with Crippen molar-refractivity contribution < 1.29 is 50.0 Å². The van der Waals surface area contributed by atoms with Crippen LogP contribution >= 0.6 is 0 Å². The Morgan fingerprint density at radius 3 is 1.51 bits per heavy atom. The van der Waals surface area contributed by atoms with Gasteiger partial charge in [0.25, 0.3) is 0 Å². The first kappa shape index (κ1) is 53.9. The summed E-state index contributed by atoms with van der Waals surface area (Å²) in [6, 6.07) is -1.18. The maximum atomic E-state index is 13.1. The fourth-order valence-electron chi connectivity index (χ4n) is 7.62. The lowest BCUT2D eigenvalue weighted by Crippen LogP contribution is -2.60. The quantitative estimate of drug-likeness (QED) is 0.0226. The van der Waals surface area contributed by atoms with E-state index in [1.165, 1.54) is 128 Å². The lowest BCUT2D eigenvalue weighted by Gasteiger charge is -2.40. The van der Waals surface area contributed by atoms with E-state index in [1.54, 1.807) is 0 Å². The van der Waals surface area contributed by atoms with Crippen molar-refractivity contribution in [2.75, 3.05) is 13.2 Å². The molecule has 1 rings (SSSR count). The second-order valence-electron chi connectivity index (χ2n) is 16.8. The first-order valence-electron chi connectivity index (χ1n) is 23.6. The second-order valence-corrected chi connectivity index (χ2v) is 16.8. The first-order valence-corrected chi connectivity index (χ1v) is 23.6. The van der Waals surface area contributed by atoms with Crippen LogP contribution in [0.4, 0.5) is 0 Å². The molecule has 11 heteroatoms. The van der Waals surface area contributed by atoms with Gasteiger partial charge in [-0.25, -0.2) is 0 Å². The molecule has 1 amide bonds. The van der Waals surface area contributed by atoms with E-state index >= 15 is 0 Å². The lowest BCUT2D eigenvalue weighted by atomic mass is 9.98. The van der Waals surface area contributed by atoms with Gasteiger partial charge in [-0.1, -0.05) is 180 Å². The maximum absolute atomic E-state index is 13.1. The molecule has 0 spiro atoms. The number of unbranched alkanes of at least 4 members (excludes halogenated alkanes) is 25. The number of nitrogens with one attached hydrogen (secondary N) is 1. The SMILES string of the molecule is CCCCCCCCC/C=C\CCC[C@@H](O)[C@@H](O)[C@H](CO[C@@H]1O[C@H](CO)[C@@H](O)[C@H](O)[C@H]1O)NC(=O)C(O)CCCCCCCCCCCCCCCCCCCC. The molecule has 0 bridgehead atoms. The highest BCUT2D eigenvalue weighted by atomic mass is 16.7. The normalized spacial score (nSPS) is 22.2. The van der Waals surface area contributed by atoms with E-state index in [-0.39, 0.29) is 12.8 Å². The van der Waals surface area contributed by atoms with Crippen LogP contribution in [-0.4, -0.2) is 110 Å². The highest BCUT2D eigenvalue weighted by molar-refractivity contribution is 5.80. The third-order valence-electron chi connectivity index (χ3n) is 11.6. The molecular formula is C46H89NO10. The second kappa shape index (κ2) is 36.7. The number of hydrogen-bond acceptors (Lipinski definition) is 10. The van der Waals surface area contributed by atoms with Crippen molar-refractivity contribution in [2.45, 2.75) is 262 Å². The van der Waals surface area contributed by atoms with E-state index in [1.807, 2.05) is 0 Å². The minimum absolute atomic E-state index is 0.259. The van der Waals surface area contributed by atoms with E-state index in [0.717, 1.165) is 38.5 Å². The molecule has 1 saturated heterocycles. The van der Waals surface area contributed by atoms with Crippen molar-refractivity contribution in [3.05, 3.63) is 12.2 Å². The number of aliphatic hydroxyl groups excluding tert-OH is 7. The summed E-state index contributed by atoms with van der Waals surface area (Å²) in [5, 5.41) is 75.6. The number of rotatable bonds is 39. The largest absolute Gasteiger partial charge is 0.394 e. The van der Waals surface area contributed by atoms with Crippen LogP contribution in [0.5, 0.6) is 0 Å². The first-order chi connectivity index (χ1) is 27.7. The van der Waals surface area contributed by atoms with Crippen molar-refractivity contribution in [1.82, 2.24) is 5.32 Å². The Morgan fingerprint density at radius 2 is 1.04 bits per heavy atom. The maximum Gasteiger partial charge on any atom is 0.249 e. The van der Waals surface area contributed by atoms with Gasteiger partial charge < -0.3 is 50.5 Å². The number of ether oxygens (including phenoxy) is 2. The molecule has 0 saturated carbocycles. The highest BCUT2D eigenvalue weighted by Crippen LogP contribution is 2.23. The molecule has 8 N–H and O–H groups in total. The third kappa shape index (κ3) is 26.6. The van der Waals surface area contributed by atoms with Gasteiger partial charge in [-0.2, -0.15) is 0 Å². The monoisotopic (exact) mass is 816 g/mol. The Bertz CT molecular complexity index is 939. The zero-order valence-electron chi connectivity index (χ0n) is 36.3. The summed E-state index contributed by atoms with van der Waals surface area (Å²) < 4.78 is 11.1. The minimum Gasteiger partial charge on any atom is -0.394 e. The summed E-state index contributed by atoms with van der Waals surface area (Å²) in [6.45, 7) is 3.42. The Hall–Kier alpha value is -1.15. The number of hydrogen-bond donors (Lipinski definition) is 8. The summed E-state index contributed by atoms with van der Waals surface area (Å²) in [6.07, 6.45) is 26.9. The third-order valence-corrected chi connectivity index (χ3v) is 11.6. The Labute approximate surface area is 347 Å². The summed E-state index contributed by atoms with van der Waals surface area (Å²) in [7, 11) is 0. The molecule has 11 nitrogen and oxygen atoms in total. The molecule has 57 heavy (non-hydrogen) atoms. The van der Waals surface area contributed by atoms with Gasteiger partial charge in [-0.3, -0.25) is 4.79 Å². The molecule has 0 aromatic heterocycles. The van der Waals surface area contributed by atoms with Crippen LogP contribution in [-0.2, 0) is 14.3 Å². The summed E-state index contributed by atoms with van der Waals surface area (Å²) in [5.41, 5.74) is 0. The molecule has 1 heterocycles. The van der Waals surface area contributed by atoms with Crippen molar-refractivity contribution in [3.63, 3.8) is 0 Å². The van der Waals surface area contributed by atoms with Crippen LogP contribution in [0.3, 0.4) is 0 Å². The average molecular weight is 816 g/mol. The van der Waals surface area contributed by atoms with Crippen LogP contribution in [0.25, 0.3) is 0 Å². The fraction of sp³-hybridized carbons (Fsp3) is 0.935. The molecule has 0 aromatic rings. The number of carbonyl (C=O) groups excluding carboxylic acids is 1. The van der Waals surface area contributed by atoms with E-state index in [4.69, 9.17) is 9.47 Å². The number of allylic oxidation sites excluding steroid dienone is 2. The Kier molecular flexibility index (Phi) is 34.7. The van der Waals surface area contributed by atoms with Crippen molar-refractivity contribution in [3.8, 4) is 0 Å². The van der Waals surface area contributed by atoms with Crippen LogP contribution in [0.15, 0.2) is 12.2 Å². The molecule has 0 aliphatic carbocycles. The Balaban J connectivity index is 2.43. The smallest absolute Gasteiger partial charge is 0.249 e. The highest BCUT2D eigenvalue weighted by Gasteiger charge is 2.44. The fourth-order valence-corrected chi connectivity index (χ4v) is 7.62. The van der Waals surface area contributed by atoms with E-state index in [0.29, 0.717) is 12.8 Å². The molecule has 0 radical (unpaired) electrons. The molecule has 1 aliphatic rings. The zero-order valence-corrected chi connectivity index (χ0v) is 36.3. The van der Waals surface area contributed by atoms with Gasteiger partial charge in [0.05, 0.1) is 25.4 Å². The molecule has 1 unspecified atom stereocenters. The average Bonchev–Trinajstić information content (AvgIpc) is 3.21. The molecule has 1 fully saturated rings. The van der Waals surface area contributed by atoms with Gasteiger partial charge in [0.1, 0.15) is 36.6 Å². The molecule has 338 valence electrons. The van der Waals surface area contributed by atoms with Crippen molar-refractivity contribution >= 4 is 5.91 Å².